The van der Waals surface area contributed by atoms with Crippen LogP contribution in [-0.4, -0.2) is 31.6 Å². The Morgan fingerprint density at radius 1 is 1.14 bits per heavy atom. The quantitative estimate of drug-likeness (QED) is 0.387. The van der Waals surface area contributed by atoms with E-state index in [2.05, 4.69) is 48.1 Å². The lowest BCUT2D eigenvalue weighted by Crippen LogP contribution is -2.48. The molecule has 0 aromatic carbocycles. The summed E-state index contributed by atoms with van der Waals surface area (Å²) in [6.07, 6.45) is 0.0622. The van der Waals surface area contributed by atoms with E-state index < -0.39 is 19.9 Å². The first-order chi connectivity index (χ1) is 9.91. The molecular weight excluding hydrogens is 296 g/mol. The summed E-state index contributed by atoms with van der Waals surface area (Å²) < 4.78 is 11.3. The maximum atomic E-state index is 11.8. The summed E-state index contributed by atoms with van der Waals surface area (Å²) in [6, 6.07) is 0. The van der Waals surface area contributed by atoms with E-state index in [-0.39, 0.29) is 13.0 Å². The van der Waals surface area contributed by atoms with E-state index in [1.807, 2.05) is 0 Å². The van der Waals surface area contributed by atoms with Crippen molar-refractivity contribution in [2.75, 3.05) is 6.61 Å². The van der Waals surface area contributed by atoms with Crippen molar-refractivity contribution in [3.63, 3.8) is 0 Å². The third-order valence-corrected chi connectivity index (χ3v) is 10.3. The molecule has 0 saturated heterocycles. The Balaban J connectivity index is 5.18. The number of carbonyl (C=O) groups is 1. The molecule has 0 amide bonds. The van der Waals surface area contributed by atoms with E-state index in [0.717, 1.165) is 0 Å². The summed E-state index contributed by atoms with van der Waals surface area (Å²) in [6.45, 7) is 20.5. The van der Waals surface area contributed by atoms with Crippen LogP contribution in [0.25, 0.3) is 0 Å². The maximum absolute atomic E-state index is 11.8. The third kappa shape index (κ3) is 4.85. The van der Waals surface area contributed by atoms with Crippen molar-refractivity contribution >= 4 is 14.3 Å². The van der Waals surface area contributed by atoms with Gasteiger partial charge in [-0.15, -0.1) is 0 Å². The van der Waals surface area contributed by atoms with E-state index in [4.69, 9.17) is 9.16 Å². The monoisotopic (exact) mass is 330 g/mol. The molecule has 0 heterocycles. The first-order valence-corrected chi connectivity index (χ1v) is 10.3. The second-order valence-corrected chi connectivity index (χ2v) is 12.5. The van der Waals surface area contributed by atoms with Crippen LogP contribution < -0.4 is 0 Å². The van der Waals surface area contributed by atoms with Gasteiger partial charge >= 0.3 is 5.97 Å². The fourth-order valence-corrected chi connectivity index (χ4v) is 8.66. The molecule has 0 aromatic rings. The molecule has 0 aromatic heterocycles. The number of hydrogen-bond donors (Lipinski definition) is 1. The minimum Gasteiger partial charge on any atom is -0.546 e. The van der Waals surface area contributed by atoms with Crippen molar-refractivity contribution in [1.29, 1.82) is 0 Å². The standard InChI is InChI=1S/C17H34O4Si/c1-10-20-16(18)17(9,19)11-15(8)21-22(12(2)3,13(4)5)14(6)7/h12-14,19H,8,10-11H2,1-7,9H3/t17-/m1/s1. The molecule has 0 aliphatic carbocycles. The Kier molecular flexibility index (Phi) is 7.85. The van der Waals surface area contributed by atoms with Gasteiger partial charge in [0, 0.05) is 6.42 Å². The number of hydrogen-bond acceptors (Lipinski definition) is 4. The summed E-state index contributed by atoms with van der Waals surface area (Å²) in [5, 5.41) is 10.3. The smallest absolute Gasteiger partial charge is 0.338 e. The van der Waals surface area contributed by atoms with Crippen molar-refractivity contribution in [2.45, 2.75) is 84.0 Å². The highest BCUT2D eigenvalue weighted by atomic mass is 28.4. The van der Waals surface area contributed by atoms with Crippen LogP contribution in [0.3, 0.4) is 0 Å². The van der Waals surface area contributed by atoms with Crippen LogP contribution in [0.1, 0.15) is 61.8 Å². The van der Waals surface area contributed by atoms with Crippen molar-refractivity contribution in [3.8, 4) is 0 Å². The number of rotatable bonds is 9. The molecule has 5 heteroatoms. The van der Waals surface area contributed by atoms with E-state index >= 15 is 0 Å². The molecule has 4 nitrogen and oxygen atoms in total. The molecule has 22 heavy (non-hydrogen) atoms. The van der Waals surface area contributed by atoms with Gasteiger partial charge in [-0.1, -0.05) is 48.1 Å². The van der Waals surface area contributed by atoms with Crippen LogP contribution >= 0.6 is 0 Å². The average molecular weight is 331 g/mol. The number of aliphatic hydroxyl groups is 1. The van der Waals surface area contributed by atoms with Gasteiger partial charge in [-0.3, -0.25) is 0 Å². The van der Waals surface area contributed by atoms with Crippen LogP contribution in [0.2, 0.25) is 16.6 Å². The average Bonchev–Trinajstić information content (AvgIpc) is 2.34. The number of esters is 1. The van der Waals surface area contributed by atoms with Crippen molar-refractivity contribution in [1.82, 2.24) is 0 Å². The van der Waals surface area contributed by atoms with Gasteiger partial charge in [0.2, 0.25) is 0 Å². The fraction of sp³-hybridized carbons (Fsp3) is 0.824. The summed E-state index contributed by atoms with van der Waals surface area (Å²) in [5.41, 5.74) is -0.358. The van der Waals surface area contributed by atoms with Crippen molar-refractivity contribution < 1.29 is 19.1 Å². The van der Waals surface area contributed by atoms with Gasteiger partial charge in [-0.2, -0.15) is 0 Å². The molecule has 0 aliphatic heterocycles. The normalized spacial score (nSPS) is 15.1. The van der Waals surface area contributed by atoms with E-state index in [1.165, 1.54) is 6.92 Å². The lowest BCUT2D eigenvalue weighted by Gasteiger charge is -2.43. The Labute approximate surface area is 137 Å². The highest BCUT2D eigenvalue weighted by Gasteiger charge is 2.47. The predicted octanol–water partition coefficient (Wildman–Crippen LogP) is 4.40. The van der Waals surface area contributed by atoms with Crippen molar-refractivity contribution in [3.05, 3.63) is 12.3 Å². The Hall–Kier alpha value is -0.813. The molecule has 0 rings (SSSR count). The number of carbonyl (C=O) groups excluding carboxylic acids is 1. The van der Waals surface area contributed by atoms with Gasteiger partial charge in [0.25, 0.3) is 8.32 Å². The molecule has 0 spiro atoms. The Morgan fingerprint density at radius 2 is 1.55 bits per heavy atom. The lowest BCUT2D eigenvalue weighted by molar-refractivity contribution is -0.163. The summed E-state index contributed by atoms with van der Waals surface area (Å²) in [4.78, 5) is 11.8. The highest BCUT2D eigenvalue weighted by molar-refractivity contribution is 6.77. The fourth-order valence-electron chi connectivity index (χ4n) is 3.38. The van der Waals surface area contributed by atoms with E-state index in [9.17, 15) is 9.90 Å². The van der Waals surface area contributed by atoms with Gasteiger partial charge in [-0.05, 0) is 30.5 Å². The largest absolute Gasteiger partial charge is 0.546 e. The molecular formula is C17H34O4Si. The second kappa shape index (κ2) is 8.16. The zero-order valence-corrected chi connectivity index (χ0v) is 16.5. The van der Waals surface area contributed by atoms with Crippen molar-refractivity contribution in [2.24, 2.45) is 0 Å². The molecule has 0 aliphatic rings. The first kappa shape index (κ1) is 21.2. The highest BCUT2D eigenvalue weighted by Crippen LogP contribution is 2.44. The molecule has 1 atom stereocenters. The van der Waals surface area contributed by atoms with E-state index in [0.29, 0.717) is 22.4 Å². The van der Waals surface area contributed by atoms with Crippen LogP contribution in [0.4, 0.5) is 0 Å². The van der Waals surface area contributed by atoms with Gasteiger partial charge < -0.3 is 14.3 Å². The number of ether oxygens (including phenoxy) is 1. The van der Waals surface area contributed by atoms with Gasteiger partial charge in [0.1, 0.15) is 0 Å². The SMILES string of the molecule is C=C(C[C@@](C)(O)C(=O)OCC)O[Si](C(C)C)(C(C)C)C(C)C. The summed E-state index contributed by atoms with van der Waals surface area (Å²) in [7, 11) is -2.11. The van der Waals surface area contributed by atoms with Gasteiger partial charge in [-0.25, -0.2) is 4.79 Å². The minimum atomic E-state index is -2.11. The second-order valence-electron chi connectivity index (χ2n) is 7.13. The molecule has 0 radical (unpaired) electrons. The van der Waals surface area contributed by atoms with Crippen LogP contribution in [-0.2, 0) is 14.0 Å². The zero-order valence-electron chi connectivity index (χ0n) is 15.5. The third-order valence-electron chi connectivity index (χ3n) is 4.28. The molecule has 0 fully saturated rings. The predicted molar refractivity (Wildman–Crippen MR) is 93.1 cm³/mol. The molecule has 1 N–H and O–H groups in total. The molecule has 0 bridgehead atoms. The Bertz CT molecular complexity index is 364. The first-order valence-electron chi connectivity index (χ1n) is 8.18. The zero-order chi connectivity index (χ0) is 17.7. The Morgan fingerprint density at radius 3 is 1.86 bits per heavy atom. The topological polar surface area (TPSA) is 55.8 Å². The van der Waals surface area contributed by atoms with Crippen LogP contribution in [0.15, 0.2) is 12.3 Å². The van der Waals surface area contributed by atoms with Gasteiger partial charge in [0.15, 0.2) is 5.60 Å². The van der Waals surface area contributed by atoms with Crippen LogP contribution in [0, 0.1) is 0 Å². The van der Waals surface area contributed by atoms with Crippen LogP contribution in [0.5, 0.6) is 0 Å². The summed E-state index contributed by atoms with van der Waals surface area (Å²) in [5.74, 6) is -0.161. The van der Waals surface area contributed by atoms with E-state index in [1.54, 1.807) is 6.92 Å². The molecule has 0 saturated carbocycles. The molecule has 130 valence electrons. The molecule has 0 unspecified atom stereocenters. The maximum Gasteiger partial charge on any atom is 0.338 e. The van der Waals surface area contributed by atoms with Gasteiger partial charge in [0.05, 0.1) is 12.4 Å². The lowest BCUT2D eigenvalue weighted by atomic mass is 10.0. The minimum absolute atomic E-state index is 0.0622. The summed E-state index contributed by atoms with van der Waals surface area (Å²) >= 11 is 0.